The largest absolute Gasteiger partial charge is 0.507 e. The first kappa shape index (κ1) is 35.8. The Morgan fingerprint density at radius 2 is 1.22 bits per heavy atom. The Hall–Kier alpha value is -3.70. The Bertz CT molecular complexity index is 1500. The Labute approximate surface area is 263 Å². The van der Waals surface area contributed by atoms with E-state index in [-0.39, 0.29) is 39.1 Å². The lowest BCUT2D eigenvalue weighted by Gasteiger charge is -2.36. The standard InChI is InChI=1S/C35H45NO9/c1-15-10-9-11-16(2)35(45)36-24-14-25(37)26-23(34(24)44)13-19(5)31(41)27(26)30(40)18(4)12-17(3)29(39)21(7)33(43)22(8)32(42)20(6)28(15)38/h9-15,17,20-22,28-29,32-33,38-39,41-43H,1-8H3,(H,36,45). The van der Waals surface area contributed by atoms with Crippen LogP contribution in [0.2, 0.25) is 0 Å². The summed E-state index contributed by atoms with van der Waals surface area (Å²) in [4.78, 5) is 53.4. The number of aliphatic hydroxyl groups excluding tert-OH is 4. The molecule has 10 heteroatoms. The smallest absolute Gasteiger partial charge is 0.251 e. The number of ketones is 3. The van der Waals surface area contributed by atoms with Gasteiger partial charge < -0.3 is 30.8 Å². The maximum absolute atomic E-state index is 13.7. The van der Waals surface area contributed by atoms with Crippen LogP contribution in [0.3, 0.4) is 0 Å². The van der Waals surface area contributed by atoms with Crippen molar-refractivity contribution in [3.8, 4) is 5.75 Å². The highest BCUT2D eigenvalue weighted by Gasteiger charge is 2.38. The number of phenolic OH excluding ortho intramolecular Hbond substituents is 1. The van der Waals surface area contributed by atoms with Gasteiger partial charge in [0.2, 0.25) is 5.78 Å². The molecule has 0 aromatic heterocycles. The summed E-state index contributed by atoms with van der Waals surface area (Å²) < 4.78 is 0. The molecule has 0 radical (unpaired) electrons. The summed E-state index contributed by atoms with van der Waals surface area (Å²) in [5.74, 6) is -6.59. The lowest BCUT2D eigenvalue weighted by Crippen LogP contribution is -2.45. The van der Waals surface area contributed by atoms with Gasteiger partial charge in [0, 0.05) is 52.4 Å². The summed E-state index contributed by atoms with van der Waals surface area (Å²) in [6.07, 6.45) is 2.61. The number of Topliss-reactive ketones (excluding diaryl/α,β-unsaturated/α-hetero) is 2. The molecule has 2 heterocycles. The summed E-state index contributed by atoms with van der Waals surface area (Å²) in [5, 5.41) is 57.6. The van der Waals surface area contributed by atoms with Gasteiger partial charge in [0.05, 0.1) is 35.7 Å². The van der Waals surface area contributed by atoms with Gasteiger partial charge in [0.15, 0.2) is 11.6 Å². The number of amides is 1. The van der Waals surface area contributed by atoms with Crippen molar-refractivity contribution in [1.82, 2.24) is 5.32 Å². The molecule has 4 rings (SSSR count). The van der Waals surface area contributed by atoms with Gasteiger partial charge in [-0.2, -0.15) is 0 Å². The number of fused-ring (bicyclic) bond motifs is 15. The van der Waals surface area contributed by atoms with Crippen LogP contribution in [0.15, 0.2) is 53.3 Å². The summed E-state index contributed by atoms with van der Waals surface area (Å²) in [5.41, 5.74) is -0.607. The predicted molar refractivity (Wildman–Crippen MR) is 169 cm³/mol. The zero-order valence-corrected chi connectivity index (χ0v) is 27.0. The summed E-state index contributed by atoms with van der Waals surface area (Å²) in [6.45, 7) is 12.7. The molecule has 0 spiro atoms. The van der Waals surface area contributed by atoms with Gasteiger partial charge >= 0.3 is 0 Å². The Morgan fingerprint density at radius 3 is 1.80 bits per heavy atom. The van der Waals surface area contributed by atoms with Crippen LogP contribution in [0.5, 0.6) is 5.75 Å². The van der Waals surface area contributed by atoms with Crippen LogP contribution in [-0.2, 0) is 4.79 Å². The maximum Gasteiger partial charge on any atom is 0.251 e. The van der Waals surface area contributed by atoms with E-state index in [1.807, 2.05) is 0 Å². The lowest BCUT2D eigenvalue weighted by atomic mass is 9.77. The molecular formula is C35H45NO9. The molecule has 9 atom stereocenters. The SMILES string of the molecule is CC1=CC=CC(C)C(O)C(C)C(O)C(C)C(O)C(C)C(O)C(C)C=C(C)C(=O)c2c(O)c(C)cc3c2C(=O)C=C(NC1=O)C3=O. The van der Waals surface area contributed by atoms with Crippen LogP contribution in [0, 0.1) is 36.5 Å². The van der Waals surface area contributed by atoms with Crippen molar-refractivity contribution in [1.29, 1.82) is 0 Å². The summed E-state index contributed by atoms with van der Waals surface area (Å²) in [6, 6.07) is 1.30. The van der Waals surface area contributed by atoms with E-state index in [1.54, 1.807) is 46.8 Å². The van der Waals surface area contributed by atoms with Crippen LogP contribution in [0.25, 0.3) is 0 Å². The average molecular weight is 624 g/mol. The number of rotatable bonds is 0. The maximum atomic E-state index is 13.7. The minimum Gasteiger partial charge on any atom is -0.507 e. The van der Waals surface area contributed by atoms with E-state index >= 15 is 0 Å². The van der Waals surface area contributed by atoms with Crippen molar-refractivity contribution in [2.24, 2.45) is 29.6 Å². The fourth-order valence-electron chi connectivity index (χ4n) is 6.04. The lowest BCUT2D eigenvalue weighted by molar-refractivity contribution is -0.116. The van der Waals surface area contributed by atoms with Gasteiger partial charge in [-0.05, 0) is 38.0 Å². The summed E-state index contributed by atoms with van der Waals surface area (Å²) >= 11 is 0. The van der Waals surface area contributed by atoms with Crippen LogP contribution >= 0.6 is 0 Å². The molecular weight excluding hydrogens is 578 g/mol. The van der Waals surface area contributed by atoms with E-state index in [0.29, 0.717) is 0 Å². The number of phenols is 1. The van der Waals surface area contributed by atoms with Crippen molar-refractivity contribution >= 4 is 23.3 Å². The Morgan fingerprint density at radius 1 is 0.689 bits per heavy atom. The van der Waals surface area contributed by atoms with Gasteiger partial charge in [0.1, 0.15) is 5.75 Å². The van der Waals surface area contributed by atoms with Crippen LogP contribution in [0.4, 0.5) is 0 Å². The molecule has 1 aromatic rings. The molecule has 0 fully saturated rings. The number of aryl methyl sites for hydroxylation is 1. The van der Waals surface area contributed by atoms with E-state index in [1.165, 1.54) is 39.0 Å². The molecule has 0 saturated heterocycles. The van der Waals surface area contributed by atoms with Crippen molar-refractivity contribution in [3.05, 3.63) is 75.5 Å². The minimum atomic E-state index is -1.18. The molecule has 1 aromatic carbocycles. The van der Waals surface area contributed by atoms with Gasteiger partial charge in [-0.1, -0.05) is 58.9 Å². The normalized spacial score (nSPS) is 32.5. The predicted octanol–water partition coefficient (Wildman–Crippen LogP) is 3.35. The van der Waals surface area contributed by atoms with E-state index in [0.717, 1.165) is 6.08 Å². The van der Waals surface area contributed by atoms with Gasteiger partial charge in [-0.15, -0.1) is 0 Å². The molecule has 6 N–H and O–H groups in total. The molecule has 9 unspecified atom stereocenters. The number of benzene rings is 1. The second-order valence-corrected chi connectivity index (χ2v) is 12.7. The Kier molecular flexibility index (Phi) is 11.3. The van der Waals surface area contributed by atoms with Gasteiger partial charge in [-0.25, -0.2) is 0 Å². The third kappa shape index (κ3) is 7.25. The first-order valence-corrected chi connectivity index (χ1v) is 15.2. The topological polar surface area (TPSA) is 181 Å². The van der Waals surface area contributed by atoms with E-state index in [4.69, 9.17) is 0 Å². The number of allylic oxidation sites excluding steroid dienone is 5. The van der Waals surface area contributed by atoms with Crippen LogP contribution in [-0.4, -0.2) is 73.2 Å². The summed E-state index contributed by atoms with van der Waals surface area (Å²) in [7, 11) is 0. The highest BCUT2D eigenvalue weighted by atomic mass is 16.3. The zero-order chi connectivity index (χ0) is 34.1. The zero-order valence-electron chi connectivity index (χ0n) is 27.0. The highest BCUT2D eigenvalue weighted by Crippen LogP contribution is 2.35. The first-order valence-electron chi connectivity index (χ1n) is 15.2. The molecule has 2 aliphatic heterocycles. The number of carbonyl (C=O) groups excluding carboxylic acids is 4. The second-order valence-electron chi connectivity index (χ2n) is 12.7. The number of nitrogens with one attached hydrogen (secondary N) is 1. The number of hydrogen-bond acceptors (Lipinski definition) is 9. The average Bonchev–Trinajstić information content (AvgIpc) is 3.00. The van der Waals surface area contributed by atoms with Crippen LogP contribution in [0.1, 0.15) is 85.1 Å². The third-order valence-corrected chi connectivity index (χ3v) is 9.28. The molecule has 45 heavy (non-hydrogen) atoms. The van der Waals surface area contributed by atoms with Crippen molar-refractivity contribution in [2.45, 2.75) is 79.8 Å². The van der Waals surface area contributed by atoms with Crippen molar-refractivity contribution in [2.75, 3.05) is 0 Å². The monoisotopic (exact) mass is 623 g/mol. The highest BCUT2D eigenvalue weighted by molar-refractivity contribution is 6.30. The number of hydrogen-bond donors (Lipinski definition) is 6. The van der Waals surface area contributed by atoms with Crippen molar-refractivity contribution < 1.29 is 44.7 Å². The molecule has 0 saturated carbocycles. The minimum absolute atomic E-state index is 0.0835. The van der Waals surface area contributed by atoms with Crippen molar-refractivity contribution in [3.63, 3.8) is 0 Å². The molecule has 3 aliphatic rings. The third-order valence-electron chi connectivity index (χ3n) is 9.28. The Balaban J connectivity index is 2.16. The molecule has 10 nitrogen and oxygen atoms in total. The quantitative estimate of drug-likeness (QED) is 0.253. The van der Waals surface area contributed by atoms with Gasteiger partial charge in [0.25, 0.3) is 5.91 Å². The first-order chi connectivity index (χ1) is 20.9. The van der Waals surface area contributed by atoms with Gasteiger partial charge in [-0.3, -0.25) is 19.2 Å². The van der Waals surface area contributed by atoms with E-state index in [9.17, 15) is 44.7 Å². The molecule has 244 valence electrons. The number of aliphatic hydroxyl groups is 4. The number of aromatic hydroxyl groups is 1. The number of carbonyl (C=O) groups is 4. The molecule has 1 amide bonds. The second kappa shape index (κ2) is 14.2. The molecule has 1 aliphatic carbocycles. The van der Waals surface area contributed by atoms with E-state index < -0.39 is 83.0 Å². The van der Waals surface area contributed by atoms with Crippen LogP contribution < -0.4 is 5.32 Å². The van der Waals surface area contributed by atoms with E-state index in [2.05, 4.69) is 5.32 Å². The fraction of sp³-hybridized carbons (Fsp3) is 0.486. The molecule has 4 bridgehead atoms. The fourth-order valence-corrected chi connectivity index (χ4v) is 6.04.